The minimum absolute atomic E-state index is 0.349. The van der Waals surface area contributed by atoms with Gasteiger partial charge in [0, 0.05) is 5.02 Å². The predicted octanol–water partition coefficient (Wildman–Crippen LogP) is 1.02. The minimum Gasteiger partial charge on any atom is -0.381 e. The molecule has 106 valence electrons. The molecule has 20 heavy (non-hydrogen) atoms. The third kappa shape index (κ3) is 3.32. The van der Waals surface area contributed by atoms with Crippen LogP contribution in [0.1, 0.15) is 0 Å². The number of rotatable bonds is 0. The normalized spacial score (nSPS) is 11.3. The van der Waals surface area contributed by atoms with Gasteiger partial charge in [0.1, 0.15) is 6.33 Å². The molecule has 0 aliphatic carbocycles. The molecule has 0 unspecified atom stereocenters. The number of benzene rings is 1. The molecule has 0 saturated heterocycles. The molecule has 3 rings (SSSR count). The van der Waals surface area contributed by atoms with E-state index < -0.39 is 10.1 Å². The molecule has 1 aromatic carbocycles. The van der Waals surface area contributed by atoms with Crippen molar-refractivity contribution in [2.45, 2.75) is 0 Å². The van der Waals surface area contributed by atoms with E-state index in [0.29, 0.717) is 22.7 Å². The van der Waals surface area contributed by atoms with Gasteiger partial charge in [0.25, 0.3) is 10.1 Å². The monoisotopic (exact) mass is 315 g/mol. The van der Waals surface area contributed by atoms with Gasteiger partial charge >= 0.3 is 0 Å². The Labute approximate surface area is 119 Å². The van der Waals surface area contributed by atoms with Crippen molar-refractivity contribution in [2.75, 3.05) is 12.0 Å². The first kappa shape index (κ1) is 14.4. The van der Waals surface area contributed by atoms with Gasteiger partial charge in [0.2, 0.25) is 5.65 Å². The van der Waals surface area contributed by atoms with Gasteiger partial charge in [-0.2, -0.15) is 8.42 Å². The second-order valence-corrected chi connectivity index (χ2v) is 5.79. The summed E-state index contributed by atoms with van der Waals surface area (Å²) in [5.41, 5.74) is 7.91. The van der Waals surface area contributed by atoms with E-state index in [1.165, 1.54) is 0 Å². The second-order valence-electron chi connectivity index (χ2n) is 3.89. The Morgan fingerprint density at radius 1 is 1.40 bits per heavy atom. The fourth-order valence-electron chi connectivity index (χ4n) is 1.56. The van der Waals surface area contributed by atoms with E-state index in [-0.39, 0.29) is 0 Å². The highest BCUT2D eigenvalue weighted by Gasteiger charge is 2.07. The molecule has 0 bridgehead atoms. The van der Waals surface area contributed by atoms with Crippen LogP contribution in [0.25, 0.3) is 16.7 Å². The standard InChI is InChI=1S/C9H6ClN5.CH4O3S/c10-5-1-2-7-6(3-5)13-8(11)9-14-12-4-15(7)9;1-5(2,3)4/h1-4H,(H2,11,13);1H3,(H,2,3,4). The molecule has 0 saturated carbocycles. The molecule has 0 aliphatic rings. The number of halogens is 1. The largest absolute Gasteiger partial charge is 0.381 e. The average Bonchev–Trinajstić information content (AvgIpc) is 2.75. The van der Waals surface area contributed by atoms with Gasteiger partial charge in [-0.05, 0) is 18.2 Å². The van der Waals surface area contributed by atoms with E-state index >= 15 is 0 Å². The Morgan fingerprint density at radius 3 is 2.70 bits per heavy atom. The number of nitrogens with two attached hydrogens (primary N) is 1. The smallest absolute Gasteiger partial charge is 0.261 e. The maximum Gasteiger partial charge on any atom is 0.261 e. The van der Waals surface area contributed by atoms with E-state index in [4.69, 9.17) is 21.9 Å². The molecular formula is C10H10ClN5O3S. The van der Waals surface area contributed by atoms with Crippen LogP contribution < -0.4 is 5.73 Å². The zero-order valence-corrected chi connectivity index (χ0v) is 11.8. The second kappa shape index (κ2) is 5.19. The lowest BCUT2D eigenvalue weighted by Gasteiger charge is -2.02. The third-order valence-corrected chi connectivity index (χ3v) is 2.45. The molecule has 0 spiro atoms. The highest BCUT2D eigenvalue weighted by atomic mass is 35.5. The SMILES string of the molecule is CS(=O)(=O)O.Nc1nc2cc(Cl)ccc2n2cnnc12. The topological polar surface area (TPSA) is 123 Å². The zero-order valence-electron chi connectivity index (χ0n) is 10.2. The Bertz CT molecular complexity index is 869. The number of fused-ring (bicyclic) bond motifs is 3. The van der Waals surface area contributed by atoms with Crippen LogP contribution >= 0.6 is 11.6 Å². The van der Waals surface area contributed by atoms with Crippen LogP contribution in [0.15, 0.2) is 24.5 Å². The number of anilines is 1. The van der Waals surface area contributed by atoms with Crippen LogP contribution in [-0.2, 0) is 10.1 Å². The molecule has 2 aromatic heterocycles. The van der Waals surface area contributed by atoms with Crippen molar-refractivity contribution in [3.8, 4) is 0 Å². The van der Waals surface area contributed by atoms with Crippen molar-refractivity contribution < 1.29 is 13.0 Å². The fraction of sp³-hybridized carbons (Fsp3) is 0.100. The molecule has 2 heterocycles. The molecular weight excluding hydrogens is 306 g/mol. The molecule has 8 nitrogen and oxygen atoms in total. The molecule has 0 atom stereocenters. The highest BCUT2D eigenvalue weighted by Crippen LogP contribution is 2.20. The molecule has 3 aromatic rings. The number of hydrogen-bond donors (Lipinski definition) is 2. The first-order chi connectivity index (χ1) is 9.25. The van der Waals surface area contributed by atoms with Gasteiger partial charge in [0.05, 0.1) is 17.3 Å². The first-order valence-electron chi connectivity index (χ1n) is 5.22. The maximum absolute atomic E-state index is 9.19. The van der Waals surface area contributed by atoms with Crippen LogP contribution in [0.3, 0.4) is 0 Å². The van der Waals surface area contributed by atoms with Crippen LogP contribution in [-0.4, -0.2) is 38.8 Å². The van der Waals surface area contributed by atoms with Crippen molar-refractivity contribution in [2.24, 2.45) is 0 Å². The summed E-state index contributed by atoms with van der Waals surface area (Å²) in [6, 6.07) is 5.41. The van der Waals surface area contributed by atoms with Crippen molar-refractivity contribution in [3.63, 3.8) is 0 Å². The van der Waals surface area contributed by atoms with Gasteiger partial charge < -0.3 is 5.73 Å². The number of nitrogens with zero attached hydrogens (tertiary/aromatic N) is 4. The van der Waals surface area contributed by atoms with Gasteiger partial charge in [0.15, 0.2) is 5.82 Å². The molecule has 0 radical (unpaired) electrons. The van der Waals surface area contributed by atoms with Gasteiger partial charge in [-0.25, -0.2) is 4.98 Å². The lowest BCUT2D eigenvalue weighted by atomic mass is 10.3. The van der Waals surface area contributed by atoms with Crippen molar-refractivity contribution in [1.29, 1.82) is 0 Å². The number of nitrogen functional groups attached to an aromatic ring is 1. The lowest BCUT2D eigenvalue weighted by molar-refractivity contribution is 0.490. The average molecular weight is 316 g/mol. The summed E-state index contributed by atoms with van der Waals surface area (Å²) >= 11 is 5.87. The Balaban J connectivity index is 0.000000257. The van der Waals surface area contributed by atoms with Crippen LogP contribution in [0.2, 0.25) is 5.02 Å². The van der Waals surface area contributed by atoms with Gasteiger partial charge in [-0.15, -0.1) is 10.2 Å². The van der Waals surface area contributed by atoms with Crippen LogP contribution in [0, 0.1) is 0 Å². The lowest BCUT2D eigenvalue weighted by Crippen LogP contribution is -1.98. The number of hydrogen-bond acceptors (Lipinski definition) is 6. The molecule has 3 N–H and O–H groups in total. The van der Waals surface area contributed by atoms with Crippen molar-refractivity contribution in [1.82, 2.24) is 19.6 Å². The van der Waals surface area contributed by atoms with E-state index in [1.54, 1.807) is 22.9 Å². The zero-order chi connectivity index (χ0) is 14.9. The molecule has 0 amide bonds. The van der Waals surface area contributed by atoms with E-state index in [1.807, 2.05) is 6.07 Å². The van der Waals surface area contributed by atoms with E-state index in [0.717, 1.165) is 11.0 Å². The van der Waals surface area contributed by atoms with Crippen molar-refractivity contribution in [3.05, 3.63) is 29.5 Å². The third-order valence-electron chi connectivity index (χ3n) is 2.21. The summed E-state index contributed by atoms with van der Waals surface area (Å²) in [5.74, 6) is 0.349. The summed E-state index contributed by atoms with van der Waals surface area (Å²) in [7, 11) is -3.67. The highest BCUT2D eigenvalue weighted by molar-refractivity contribution is 7.85. The maximum atomic E-state index is 9.19. The Hall–Kier alpha value is -1.97. The van der Waals surface area contributed by atoms with Crippen LogP contribution in [0.4, 0.5) is 5.82 Å². The fourth-order valence-corrected chi connectivity index (χ4v) is 1.72. The Morgan fingerprint density at radius 2 is 2.05 bits per heavy atom. The summed E-state index contributed by atoms with van der Waals surface area (Å²) < 4.78 is 27.7. The molecule has 0 fully saturated rings. The summed E-state index contributed by atoms with van der Waals surface area (Å²) in [4.78, 5) is 4.21. The minimum atomic E-state index is -3.67. The van der Waals surface area contributed by atoms with Crippen LogP contribution in [0.5, 0.6) is 0 Å². The molecule has 10 heteroatoms. The summed E-state index contributed by atoms with van der Waals surface area (Å²) in [6.07, 6.45) is 2.32. The van der Waals surface area contributed by atoms with Gasteiger partial charge in [-0.3, -0.25) is 8.95 Å². The first-order valence-corrected chi connectivity index (χ1v) is 7.45. The van der Waals surface area contributed by atoms with Gasteiger partial charge in [-0.1, -0.05) is 11.6 Å². The molecule has 0 aliphatic heterocycles. The quantitative estimate of drug-likeness (QED) is 0.593. The summed E-state index contributed by atoms with van der Waals surface area (Å²) in [6.45, 7) is 0. The van der Waals surface area contributed by atoms with Crippen molar-refractivity contribution >= 4 is 44.2 Å². The van der Waals surface area contributed by atoms with E-state index in [2.05, 4.69) is 15.2 Å². The predicted molar refractivity (Wildman–Crippen MR) is 75.2 cm³/mol. The van der Waals surface area contributed by atoms with E-state index in [9.17, 15) is 8.42 Å². The summed E-state index contributed by atoms with van der Waals surface area (Å²) in [5, 5.41) is 8.30. The number of aromatic nitrogens is 4. The Kier molecular flexibility index (Phi) is 3.75.